The number of sulfonamides is 1. The second kappa shape index (κ2) is 8.89. The summed E-state index contributed by atoms with van der Waals surface area (Å²) >= 11 is 1.61. The lowest BCUT2D eigenvalue weighted by atomic mass is 10.3. The van der Waals surface area contributed by atoms with Gasteiger partial charge in [-0.25, -0.2) is 13.1 Å². The molecule has 0 unspecified atom stereocenters. The molecule has 3 aromatic carbocycles. The van der Waals surface area contributed by atoms with Crippen LogP contribution in [-0.2, 0) is 10.0 Å². The van der Waals surface area contributed by atoms with Crippen LogP contribution in [0.25, 0.3) is 0 Å². The minimum Gasteiger partial charge on any atom is -0.457 e. The molecule has 0 atom stereocenters. The molecule has 0 fully saturated rings. The van der Waals surface area contributed by atoms with E-state index >= 15 is 0 Å². The summed E-state index contributed by atoms with van der Waals surface area (Å²) in [5.74, 6) is 1.97. The van der Waals surface area contributed by atoms with E-state index in [0.29, 0.717) is 23.8 Å². The minimum absolute atomic E-state index is 0.225. The van der Waals surface area contributed by atoms with Gasteiger partial charge in [0.25, 0.3) is 0 Å². The molecule has 0 saturated carbocycles. The summed E-state index contributed by atoms with van der Waals surface area (Å²) in [5, 5.41) is 0. The van der Waals surface area contributed by atoms with Gasteiger partial charge >= 0.3 is 0 Å². The van der Waals surface area contributed by atoms with E-state index in [-0.39, 0.29) is 4.90 Å². The first-order valence-electron chi connectivity index (χ1n) is 8.14. The predicted molar refractivity (Wildman–Crippen MR) is 105 cm³/mol. The first-order chi connectivity index (χ1) is 12.6. The average Bonchev–Trinajstić information content (AvgIpc) is 2.67. The highest BCUT2D eigenvalue weighted by Gasteiger charge is 2.13. The predicted octanol–water partition coefficient (Wildman–Crippen LogP) is 4.55. The molecule has 6 heteroatoms. The Morgan fingerprint density at radius 2 is 1.35 bits per heavy atom. The third-order valence-corrected chi connectivity index (χ3v) is 6.01. The Balaban J connectivity index is 1.53. The van der Waals surface area contributed by atoms with Gasteiger partial charge in [-0.05, 0) is 48.5 Å². The molecule has 0 amide bonds. The Bertz CT molecular complexity index is 912. The number of benzene rings is 3. The summed E-state index contributed by atoms with van der Waals surface area (Å²) in [6, 6.07) is 25.6. The normalized spacial score (nSPS) is 11.2. The van der Waals surface area contributed by atoms with Gasteiger partial charge in [0.15, 0.2) is 0 Å². The van der Waals surface area contributed by atoms with E-state index in [2.05, 4.69) is 4.72 Å². The Kier molecular flexibility index (Phi) is 6.33. The van der Waals surface area contributed by atoms with Crippen molar-refractivity contribution < 1.29 is 13.2 Å². The molecule has 26 heavy (non-hydrogen) atoms. The zero-order valence-corrected chi connectivity index (χ0v) is 15.7. The van der Waals surface area contributed by atoms with Crippen molar-refractivity contribution in [1.82, 2.24) is 4.72 Å². The number of thioether (sulfide) groups is 1. The number of para-hydroxylation sites is 1. The average molecular weight is 386 g/mol. The van der Waals surface area contributed by atoms with Crippen LogP contribution in [-0.4, -0.2) is 20.7 Å². The smallest absolute Gasteiger partial charge is 0.240 e. The van der Waals surface area contributed by atoms with Crippen LogP contribution in [0.4, 0.5) is 0 Å². The van der Waals surface area contributed by atoms with Crippen molar-refractivity contribution >= 4 is 21.8 Å². The third-order valence-electron chi connectivity index (χ3n) is 3.52. The Morgan fingerprint density at radius 3 is 2.00 bits per heavy atom. The van der Waals surface area contributed by atoms with E-state index < -0.39 is 10.0 Å². The highest BCUT2D eigenvalue weighted by Crippen LogP contribution is 2.22. The summed E-state index contributed by atoms with van der Waals surface area (Å²) in [4.78, 5) is 1.34. The quantitative estimate of drug-likeness (QED) is 0.457. The molecule has 0 radical (unpaired) electrons. The van der Waals surface area contributed by atoms with Gasteiger partial charge in [-0.2, -0.15) is 0 Å². The molecule has 0 aliphatic heterocycles. The van der Waals surface area contributed by atoms with Crippen molar-refractivity contribution in [3.05, 3.63) is 84.9 Å². The first kappa shape index (κ1) is 18.5. The second-order valence-electron chi connectivity index (χ2n) is 5.45. The van der Waals surface area contributed by atoms with E-state index in [1.54, 1.807) is 36.0 Å². The SMILES string of the molecule is O=S(=O)(NCCSc1ccccc1)c1ccc(Oc2ccccc2)cc1. The fraction of sp³-hybridized carbons (Fsp3) is 0.100. The van der Waals surface area contributed by atoms with Crippen molar-refractivity contribution in [2.75, 3.05) is 12.3 Å². The number of nitrogens with one attached hydrogen (secondary N) is 1. The van der Waals surface area contributed by atoms with Gasteiger partial charge < -0.3 is 4.74 Å². The van der Waals surface area contributed by atoms with Crippen molar-refractivity contribution in [2.45, 2.75) is 9.79 Å². The number of hydrogen-bond donors (Lipinski definition) is 1. The van der Waals surface area contributed by atoms with Crippen LogP contribution < -0.4 is 9.46 Å². The Morgan fingerprint density at radius 1 is 0.769 bits per heavy atom. The summed E-state index contributed by atoms with van der Waals surface area (Å²) in [6.45, 7) is 0.365. The maximum atomic E-state index is 12.4. The molecular weight excluding hydrogens is 366 g/mol. The monoisotopic (exact) mass is 385 g/mol. The maximum absolute atomic E-state index is 12.4. The van der Waals surface area contributed by atoms with Crippen LogP contribution in [0.5, 0.6) is 11.5 Å². The van der Waals surface area contributed by atoms with Gasteiger partial charge in [0.2, 0.25) is 10.0 Å². The van der Waals surface area contributed by atoms with Crippen LogP contribution >= 0.6 is 11.8 Å². The molecule has 3 rings (SSSR count). The molecule has 0 aliphatic carbocycles. The first-order valence-corrected chi connectivity index (χ1v) is 10.6. The molecule has 3 aromatic rings. The largest absolute Gasteiger partial charge is 0.457 e. The third kappa shape index (κ3) is 5.36. The lowest BCUT2D eigenvalue weighted by molar-refractivity contribution is 0.482. The Labute approximate surface area is 158 Å². The van der Waals surface area contributed by atoms with Gasteiger partial charge in [0.1, 0.15) is 11.5 Å². The molecule has 0 bridgehead atoms. The summed E-state index contributed by atoms with van der Waals surface area (Å²) < 4.78 is 33.0. The zero-order valence-electron chi connectivity index (χ0n) is 14.0. The van der Waals surface area contributed by atoms with E-state index in [1.807, 2.05) is 60.7 Å². The van der Waals surface area contributed by atoms with Crippen molar-refractivity contribution in [3.8, 4) is 11.5 Å². The molecular formula is C20H19NO3S2. The molecule has 0 aromatic heterocycles. The standard InChI is InChI=1S/C20H19NO3S2/c22-26(23,21-15-16-25-19-9-5-2-6-10-19)20-13-11-18(12-14-20)24-17-7-3-1-4-8-17/h1-14,21H,15-16H2. The highest BCUT2D eigenvalue weighted by atomic mass is 32.2. The van der Waals surface area contributed by atoms with Crippen molar-refractivity contribution in [1.29, 1.82) is 0 Å². The fourth-order valence-corrected chi connectivity index (χ4v) is 4.21. The lowest BCUT2D eigenvalue weighted by Gasteiger charge is -2.09. The maximum Gasteiger partial charge on any atom is 0.240 e. The summed E-state index contributed by atoms with van der Waals surface area (Å²) in [7, 11) is -3.52. The molecule has 0 aliphatic rings. The fourth-order valence-electron chi connectivity index (χ4n) is 2.26. The number of hydrogen-bond acceptors (Lipinski definition) is 4. The second-order valence-corrected chi connectivity index (χ2v) is 8.38. The van der Waals surface area contributed by atoms with E-state index in [9.17, 15) is 8.42 Å². The highest BCUT2D eigenvalue weighted by molar-refractivity contribution is 7.99. The molecule has 4 nitrogen and oxygen atoms in total. The summed E-state index contributed by atoms with van der Waals surface area (Å²) in [5.41, 5.74) is 0. The number of rotatable bonds is 8. The van der Waals surface area contributed by atoms with Crippen LogP contribution in [0.2, 0.25) is 0 Å². The van der Waals surface area contributed by atoms with E-state index in [4.69, 9.17) is 4.74 Å². The molecule has 0 spiro atoms. The lowest BCUT2D eigenvalue weighted by Crippen LogP contribution is -2.25. The topological polar surface area (TPSA) is 55.4 Å². The van der Waals surface area contributed by atoms with Gasteiger partial charge in [0.05, 0.1) is 4.90 Å². The molecule has 0 saturated heterocycles. The molecule has 1 N–H and O–H groups in total. The van der Waals surface area contributed by atoms with Gasteiger partial charge in [0, 0.05) is 17.2 Å². The number of ether oxygens (including phenoxy) is 1. The minimum atomic E-state index is -3.52. The van der Waals surface area contributed by atoms with E-state index in [1.165, 1.54) is 0 Å². The van der Waals surface area contributed by atoms with Crippen molar-refractivity contribution in [2.24, 2.45) is 0 Å². The molecule has 0 heterocycles. The van der Waals surface area contributed by atoms with Gasteiger partial charge in [-0.1, -0.05) is 36.4 Å². The van der Waals surface area contributed by atoms with Crippen LogP contribution in [0.3, 0.4) is 0 Å². The van der Waals surface area contributed by atoms with Gasteiger partial charge in [-0.15, -0.1) is 11.8 Å². The summed E-state index contributed by atoms with van der Waals surface area (Å²) in [6.07, 6.45) is 0. The van der Waals surface area contributed by atoms with Crippen molar-refractivity contribution in [3.63, 3.8) is 0 Å². The van der Waals surface area contributed by atoms with Gasteiger partial charge in [-0.3, -0.25) is 0 Å². The van der Waals surface area contributed by atoms with Crippen LogP contribution in [0, 0.1) is 0 Å². The van der Waals surface area contributed by atoms with Crippen LogP contribution in [0.15, 0.2) is 94.7 Å². The molecule has 134 valence electrons. The Hall–Kier alpha value is -2.28. The van der Waals surface area contributed by atoms with Crippen LogP contribution in [0.1, 0.15) is 0 Å². The van der Waals surface area contributed by atoms with E-state index in [0.717, 1.165) is 4.90 Å². The zero-order chi connectivity index (χ0) is 18.2.